The first kappa shape index (κ1) is 10.3. The van der Waals surface area contributed by atoms with Crippen LogP contribution in [0.25, 0.3) is 0 Å². The lowest BCUT2D eigenvalue weighted by atomic mass is 9.89. The Morgan fingerprint density at radius 1 is 0.875 bits per heavy atom. The van der Waals surface area contributed by atoms with Gasteiger partial charge in [-0.15, -0.1) is 0 Å². The van der Waals surface area contributed by atoms with Crippen LogP contribution in [0.15, 0.2) is 24.3 Å². The first-order valence-electron chi connectivity index (χ1n) is 6.77. The van der Waals surface area contributed by atoms with Gasteiger partial charge in [0.15, 0.2) is 0 Å². The fourth-order valence-electron chi connectivity index (χ4n) is 3.39. The molecule has 3 rings (SSSR count). The van der Waals surface area contributed by atoms with Crippen LogP contribution in [0.4, 0.5) is 0 Å². The molecule has 86 valence electrons. The predicted molar refractivity (Wildman–Crippen MR) is 67.6 cm³/mol. The normalized spacial score (nSPS) is 26.4. The van der Waals surface area contributed by atoms with Gasteiger partial charge in [-0.1, -0.05) is 37.1 Å². The van der Waals surface area contributed by atoms with Gasteiger partial charge in [-0.25, -0.2) is 0 Å². The van der Waals surface area contributed by atoms with E-state index in [9.17, 15) is 0 Å². The maximum atomic E-state index is 3.64. The van der Waals surface area contributed by atoms with E-state index in [-0.39, 0.29) is 0 Å². The molecule has 1 aliphatic heterocycles. The molecule has 1 aromatic rings. The first-order valence-corrected chi connectivity index (χ1v) is 6.77. The summed E-state index contributed by atoms with van der Waals surface area (Å²) in [6.07, 6.45) is 8.33. The van der Waals surface area contributed by atoms with Crippen molar-refractivity contribution in [2.45, 2.75) is 50.5 Å². The molecule has 2 fully saturated rings. The average Bonchev–Trinajstić information content (AvgIpc) is 3.03. The standard InChI is InChI=1S/C15H21N/c1-2-7-12(6-1)13-8-3-4-9-14(13)15-10-5-11-16-15/h3-4,8-9,12,15-16H,1-2,5-7,10-11H2. The lowest BCUT2D eigenvalue weighted by Crippen LogP contribution is -2.15. The van der Waals surface area contributed by atoms with Crippen molar-refractivity contribution < 1.29 is 0 Å². The van der Waals surface area contributed by atoms with Gasteiger partial charge in [0.1, 0.15) is 0 Å². The van der Waals surface area contributed by atoms with Crippen molar-refractivity contribution in [2.75, 3.05) is 6.54 Å². The van der Waals surface area contributed by atoms with E-state index in [0.29, 0.717) is 6.04 Å². The third-order valence-corrected chi connectivity index (χ3v) is 4.23. The molecular weight excluding hydrogens is 194 g/mol. The second-order valence-electron chi connectivity index (χ2n) is 5.26. The zero-order chi connectivity index (χ0) is 10.8. The Labute approximate surface area is 98.3 Å². The quantitative estimate of drug-likeness (QED) is 0.792. The molecule has 16 heavy (non-hydrogen) atoms. The van der Waals surface area contributed by atoms with E-state index in [4.69, 9.17) is 0 Å². The van der Waals surface area contributed by atoms with Crippen LogP contribution < -0.4 is 5.32 Å². The van der Waals surface area contributed by atoms with E-state index in [2.05, 4.69) is 29.6 Å². The Balaban J connectivity index is 1.90. The third-order valence-electron chi connectivity index (χ3n) is 4.23. The van der Waals surface area contributed by atoms with Gasteiger partial charge in [-0.2, -0.15) is 0 Å². The van der Waals surface area contributed by atoms with E-state index in [1.54, 1.807) is 11.1 Å². The molecule has 1 heteroatoms. The smallest absolute Gasteiger partial charge is 0.0323 e. The number of benzene rings is 1. The molecule has 1 saturated heterocycles. The Hall–Kier alpha value is -0.820. The molecule has 1 unspecified atom stereocenters. The minimum Gasteiger partial charge on any atom is -0.310 e. The van der Waals surface area contributed by atoms with Crippen molar-refractivity contribution in [3.63, 3.8) is 0 Å². The number of rotatable bonds is 2. The van der Waals surface area contributed by atoms with Crippen LogP contribution in [0.3, 0.4) is 0 Å². The van der Waals surface area contributed by atoms with Crippen LogP contribution in [-0.2, 0) is 0 Å². The summed E-state index contributed by atoms with van der Waals surface area (Å²) in [7, 11) is 0. The van der Waals surface area contributed by atoms with Crippen LogP contribution in [-0.4, -0.2) is 6.54 Å². The van der Waals surface area contributed by atoms with E-state index in [0.717, 1.165) is 5.92 Å². The Kier molecular flexibility index (Phi) is 2.96. The van der Waals surface area contributed by atoms with Crippen LogP contribution >= 0.6 is 0 Å². The molecule has 1 N–H and O–H groups in total. The summed E-state index contributed by atoms with van der Waals surface area (Å²) in [5.41, 5.74) is 3.23. The molecule has 1 atom stereocenters. The molecule has 0 bridgehead atoms. The largest absolute Gasteiger partial charge is 0.310 e. The third kappa shape index (κ3) is 1.89. The molecule has 1 nitrogen and oxygen atoms in total. The summed E-state index contributed by atoms with van der Waals surface area (Å²) >= 11 is 0. The summed E-state index contributed by atoms with van der Waals surface area (Å²) in [5, 5.41) is 3.64. The van der Waals surface area contributed by atoms with Gasteiger partial charge in [-0.3, -0.25) is 0 Å². The Bertz CT molecular complexity index is 311. The predicted octanol–water partition coefficient (Wildman–Crippen LogP) is 3.77. The summed E-state index contributed by atoms with van der Waals surface area (Å²) in [4.78, 5) is 0. The van der Waals surface area contributed by atoms with Gasteiger partial charge in [-0.05, 0) is 49.3 Å². The SMILES string of the molecule is c1ccc(C2CCCN2)c(C2CCCC2)c1. The maximum Gasteiger partial charge on any atom is 0.0323 e. The zero-order valence-electron chi connectivity index (χ0n) is 9.91. The molecule has 0 spiro atoms. The van der Waals surface area contributed by atoms with E-state index in [1.165, 1.54) is 45.1 Å². The monoisotopic (exact) mass is 215 g/mol. The molecule has 0 radical (unpaired) electrons. The molecular formula is C15H21N. The minimum absolute atomic E-state index is 0.636. The summed E-state index contributed by atoms with van der Waals surface area (Å²) in [5.74, 6) is 0.846. The highest BCUT2D eigenvalue weighted by Crippen LogP contribution is 2.38. The highest BCUT2D eigenvalue weighted by Gasteiger charge is 2.24. The fraction of sp³-hybridized carbons (Fsp3) is 0.600. The Morgan fingerprint density at radius 2 is 1.62 bits per heavy atom. The molecule has 1 saturated carbocycles. The fourth-order valence-corrected chi connectivity index (χ4v) is 3.39. The summed E-state index contributed by atoms with van der Waals surface area (Å²) in [6, 6.07) is 9.76. The highest BCUT2D eigenvalue weighted by atomic mass is 14.9. The van der Waals surface area contributed by atoms with Crippen molar-refractivity contribution in [1.29, 1.82) is 0 Å². The molecule has 2 aliphatic rings. The van der Waals surface area contributed by atoms with Crippen LogP contribution in [0.5, 0.6) is 0 Å². The van der Waals surface area contributed by atoms with Gasteiger partial charge in [0.05, 0.1) is 0 Å². The minimum atomic E-state index is 0.636. The first-order chi connectivity index (χ1) is 7.95. The van der Waals surface area contributed by atoms with Crippen LogP contribution in [0.2, 0.25) is 0 Å². The van der Waals surface area contributed by atoms with Crippen molar-refractivity contribution in [1.82, 2.24) is 5.32 Å². The molecule has 0 aromatic heterocycles. The second kappa shape index (κ2) is 4.58. The zero-order valence-corrected chi connectivity index (χ0v) is 9.91. The lowest BCUT2D eigenvalue weighted by molar-refractivity contribution is 0.619. The van der Waals surface area contributed by atoms with E-state index < -0.39 is 0 Å². The van der Waals surface area contributed by atoms with E-state index >= 15 is 0 Å². The average molecular weight is 215 g/mol. The summed E-state index contributed by atoms with van der Waals surface area (Å²) < 4.78 is 0. The second-order valence-corrected chi connectivity index (χ2v) is 5.26. The molecule has 1 heterocycles. The molecule has 1 aromatic carbocycles. The van der Waals surface area contributed by atoms with Crippen molar-refractivity contribution >= 4 is 0 Å². The molecule has 0 amide bonds. The number of hydrogen-bond acceptors (Lipinski definition) is 1. The van der Waals surface area contributed by atoms with Crippen molar-refractivity contribution in [3.8, 4) is 0 Å². The van der Waals surface area contributed by atoms with Crippen LogP contribution in [0.1, 0.15) is 61.6 Å². The van der Waals surface area contributed by atoms with E-state index in [1.807, 2.05) is 0 Å². The highest BCUT2D eigenvalue weighted by molar-refractivity contribution is 5.34. The van der Waals surface area contributed by atoms with Gasteiger partial charge in [0, 0.05) is 6.04 Å². The Morgan fingerprint density at radius 3 is 2.31 bits per heavy atom. The van der Waals surface area contributed by atoms with Gasteiger partial charge in [0.25, 0.3) is 0 Å². The lowest BCUT2D eigenvalue weighted by Gasteiger charge is -2.19. The summed E-state index contributed by atoms with van der Waals surface area (Å²) in [6.45, 7) is 1.20. The van der Waals surface area contributed by atoms with Crippen molar-refractivity contribution in [3.05, 3.63) is 35.4 Å². The van der Waals surface area contributed by atoms with Gasteiger partial charge >= 0.3 is 0 Å². The number of nitrogens with one attached hydrogen (secondary N) is 1. The number of hydrogen-bond donors (Lipinski definition) is 1. The van der Waals surface area contributed by atoms with Crippen LogP contribution in [0, 0.1) is 0 Å². The van der Waals surface area contributed by atoms with Gasteiger partial charge < -0.3 is 5.32 Å². The maximum absolute atomic E-state index is 3.64. The molecule has 1 aliphatic carbocycles. The topological polar surface area (TPSA) is 12.0 Å². The van der Waals surface area contributed by atoms with Gasteiger partial charge in [0.2, 0.25) is 0 Å². The van der Waals surface area contributed by atoms with Crippen molar-refractivity contribution in [2.24, 2.45) is 0 Å².